The molecule has 192 valence electrons. The van der Waals surface area contributed by atoms with Crippen molar-refractivity contribution in [3.63, 3.8) is 0 Å². The number of carbonyl (C=O) groups excluding carboxylic acids is 1. The Labute approximate surface area is 217 Å². The SMILES string of the molecule is C1CCOC1.Cc1cc(S(=O)(=O)CC(C)(C)O)ccc1C(=O)Nc1ccc(Cl)c(-c2ccccn2)c1. The van der Waals surface area contributed by atoms with Gasteiger partial charge in [-0.1, -0.05) is 17.7 Å². The van der Waals surface area contributed by atoms with Crippen LogP contribution in [0.5, 0.6) is 0 Å². The van der Waals surface area contributed by atoms with E-state index in [4.69, 9.17) is 16.3 Å². The van der Waals surface area contributed by atoms with Crippen LogP contribution in [0.2, 0.25) is 5.02 Å². The molecule has 1 aliphatic rings. The number of rotatable bonds is 6. The van der Waals surface area contributed by atoms with Crippen molar-refractivity contribution in [2.24, 2.45) is 0 Å². The number of aryl methyl sites for hydroxylation is 1. The van der Waals surface area contributed by atoms with Crippen molar-refractivity contribution in [3.8, 4) is 11.3 Å². The maximum absolute atomic E-state index is 12.8. The first kappa shape index (κ1) is 27.8. The van der Waals surface area contributed by atoms with Gasteiger partial charge in [-0.3, -0.25) is 9.78 Å². The number of nitrogens with zero attached hydrogens (tertiary/aromatic N) is 1. The molecule has 0 bridgehead atoms. The fourth-order valence-electron chi connectivity index (χ4n) is 3.66. The molecule has 2 heterocycles. The average molecular weight is 531 g/mol. The van der Waals surface area contributed by atoms with Crippen LogP contribution in [0.1, 0.15) is 42.6 Å². The lowest BCUT2D eigenvalue weighted by molar-refractivity contribution is 0.102. The number of anilines is 1. The molecular weight excluding hydrogens is 500 g/mol. The third kappa shape index (κ3) is 7.86. The van der Waals surface area contributed by atoms with E-state index >= 15 is 0 Å². The van der Waals surface area contributed by atoms with Crippen LogP contribution in [0.15, 0.2) is 65.7 Å². The van der Waals surface area contributed by atoms with Gasteiger partial charge in [0.2, 0.25) is 0 Å². The molecule has 0 saturated carbocycles. The van der Waals surface area contributed by atoms with E-state index < -0.39 is 21.2 Å². The van der Waals surface area contributed by atoms with E-state index in [1.165, 1.54) is 44.9 Å². The summed E-state index contributed by atoms with van der Waals surface area (Å²) in [6.45, 7) is 6.54. The van der Waals surface area contributed by atoms with E-state index in [1.54, 1.807) is 37.4 Å². The Kier molecular flexibility index (Phi) is 9.24. The Morgan fingerprint density at radius 2 is 1.83 bits per heavy atom. The number of hydrogen-bond acceptors (Lipinski definition) is 6. The third-order valence-electron chi connectivity index (χ3n) is 5.34. The van der Waals surface area contributed by atoms with Gasteiger partial charge in [-0.05, 0) is 87.7 Å². The van der Waals surface area contributed by atoms with Crippen LogP contribution in [0.3, 0.4) is 0 Å². The molecule has 0 unspecified atom stereocenters. The molecule has 1 fully saturated rings. The first-order valence-electron chi connectivity index (χ1n) is 11.6. The van der Waals surface area contributed by atoms with E-state index in [0.717, 1.165) is 13.2 Å². The van der Waals surface area contributed by atoms with Gasteiger partial charge in [-0.2, -0.15) is 0 Å². The maximum atomic E-state index is 12.8. The van der Waals surface area contributed by atoms with E-state index in [2.05, 4.69) is 10.3 Å². The first-order valence-corrected chi connectivity index (χ1v) is 13.7. The van der Waals surface area contributed by atoms with Crippen LogP contribution >= 0.6 is 11.6 Å². The number of pyridine rings is 1. The second-order valence-electron chi connectivity index (χ2n) is 9.23. The summed E-state index contributed by atoms with van der Waals surface area (Å²) in [6, 6.07) is 14.9. The number of hydrogen-bond donors (Lipinski definition) is 2. The Morgan fingerprint density at radius 3 is 2.39 bits per heavy atom. The number of benzene rings is 2. The molecule has 0 spiro atoms. The Balaban J connectivity index is 0.000000642. The van der Waals surface area contributed by atoms with Crippen molar-refractivity contribution in [3.05, 3.63) is 76.9 Å². The topological polar surface area (TPSA) is 106 Å². The highest BCUT2D eigenvalue weighted by Gasteiger charge is 2.26. The standard InChI is InChI=1S/C23H23ClN2O4S.C4H8O/c1-15-12-17(31(29,30)14-23(2,3)28)8-9-18(15)22(27)26-16-7-10-20(24)19(13-16)21-6-4-5-11-25-21;1-2-4-5-3-1/h4-13,28H,14H2,1-3H3,(H,26,27);1-4H2. The molecule has 1 amide bonds. The summed E-state index contributed by atoms with van der Waals surface area (Å²) >= 11 is 6.29. The molecular formula is C27H31ClN2O5S. The minimum Gasteiger partial charge on any atom is -0.389 e. The summed E-state index contributed by atoms with van der Waals surface area (Å²) in [5, 5.41) is 13.2. The summed E-state index contributed by atoms with van der Waals surface area (Å²) < 4.78 is 29.9. The minimum atomic E-state index is -3.69. The molecule has 2 aromatic carbocycles. The van der Waals surface area contributed by atoms with Gasteiger partial charge in [0.25, 0.3) is 5.91 Å². The molecule has 1 aromatic heterocycles. The van der Waals surface area contributed by atoms with Gasteiger partial charge in [0, 0.05) is 36.2 Å². The summed E-state index contributed by atoms with van der Waals surface area (Å²) in [5.74, 6) is -0.787. The summed E-state index contributed by atoms with van der Waals surface area (Å²) in [4.78, 5) is 17.2. The monoisotopic (exact) mass is 530 g/mol. The maximum Gasteiger partial charge on any atom is 0.255 e. The van der Waals surface area contributed by atoms with E-state index in [1.807, 2.05) is 12.1 Å². The Hall–Kier alpha value is -2.78. The molecule has 0 radical (unpaired) electrons. The summed E-state index contributed by atoms with van der Waals surface area (Å²) in [7, 11) is -3.69. The van der Waals surface area contributed by atoms with Crippen LogP contribution in [-0.2, 0) is 14.6 Å². The van der Waals surface area contributed by atoms with E-state index in [-0.39, 0.29) is 10.8 Å². The molecule has 1 saturated heterocycles. The Morgan fingerprint density at radius 1 is 1.11 bits per heavy atom. The smallest absolute Gasteiger partial charge is 0.255 e. The van der Waals surface area contributed by atoms with Gasteiger partial charge in [0.05, 0.1) is 27.0 Å². The van der Waals surface area contributed by atoms with Crippen molar-refractivity contribution in [2.75, 3.05) is 24.3 Å². The molecule has 3 aromatic rings. The van der Waals surface area contributed by atoms with E-state index in [0.29, 0.717) is 33.1 Å². The molecule has 0 atom stereocenters. The number of nitrogens with one attached hydrogen (secondary N) is 1. The molecule has 9 heteroatoms. The predicted molar refractivity (Wildman–Crippen MR) is 142 cm³/mol. The molecule has 2 N–H and O–H groups in total. The third-order valence-corrected chi connectivity index (χ3v) is 7.73. The van der Waals surface area contributed by atoms with Crippen LogP contribution in [0.4, 0.5) is 5.69 Å². The van der Waals surface area contributed by atoms with Gasteiger partial charge in [-0.15, -0.1) is 0 Å². The highest BCUT2D eigenvalue weighted by molar-refractivity contribution is 7.91. The summed E-state index contributed by atoms with van der Waals surface area (Å²) in [5.41, 5.74) is 1.40. The van der Waals surface area contributed by atoms with Crippen molar-refractivity contribution in [1.29, 1.82) is 0 Å². The largest absolute Gasteiger partial charge is 0.389 e. The van der Waals surface area contributed by atoms with Crippen molar-refractivity contribution in [1.82, 2.24) is 4.98 Å². The lowest BCUT2D eigenvalue weighted by atomic mass is 10.1. The molecule has 4 rings (SSSR count). The second-order valence-corrected chi connectivity index (χ2v) is 11.6. The average Bonchev–Trinajstić information content (AvgIpc) is 3.39. The number of aliphatic hydroxyl groups is 1. The number of sulfone groups is 1. The van der Waals surface area contributed by atoms with Gasteiger partial charge < -0.3 is 15.2 Å². The number of amides is 1. The van der Waals surface area contributed by atoms with Crippen molar-refractivity contribution in [2.45, 2.75) is 44.1 Å². The van der Waals surface area contributed by atoms with E-state index in [9.17, 15) is 18.3 Å². The number of aromatic nitrogens is 1. The molecule has 7 nitrogen and oxygen atoms in total. The highest BCUT2D eigenvalue weighted by atomic mass is 35.5. The van der Waals surface area contributed by atoms with Crippen LogP contribution < -0.4 is 5.32 Å². The molecule has 1 aliphatic heterocycles. The zero-order valence-electron chi connectivity index (χ0n) is 20.6. The van der Waals surface area contributed by atoms with Crippen LogP contribution in [0, 0.1) is 6.92 Å². The number of carbonyl (C=O) groups is 1. The Bertz CT molecular complexity index is 1290. The van der Waals surface area contributed by atoms with Crippen molar-refractivity contribution < 1.29 is 23.1 Å². The van der Waals surface area contributed by atoms with Crippen LogP contribution in [-0.4, -0.2) is 49.0 Å². The van der Waals surface area contributed by atoms with Gasteiger partial charge in [0.15, 0.2) is 9.84 Å². The zero-order chi connectivity index (χ0) is 26.3. The molecule has 36 heavy (non-hydrogen) atoms. The minimum absolute atomic E-state index is 0.0626. The number of halogens is 1. The second kappa shape index (κ2) is 12.0. The quantitative estimate of drug-likeness (QED) is 0.447. The first-order chi connectivity index (χ1) is 17.0. The number of ether oxygens (including phenoxy) is 1. The molecule has 0 aliphatic carbocycles. The fraction of sp³-hybridized carbons (Fsp3) is 0.333. The van der Waals surface area contributed by atoms with Crippen LogP contribution in [0.25, 0.3) is 11.3 Å². The van der Waals surface area contributed by atoms with Gasteiger partial charge in [0.1, 0.15) is 0 Å². The summed E-state index contributed by atoms with van der Waals surface area (Å²) in [6.07, 6.45) is 4.22. The lowest BCUT2D eigenvalue weighted by Crippen LogP contribution is -2.30. The normalized spacial score (nSPS) is 13.6. The predicted octanol–water partition coefficient (Wildman–Crippen LogP) is 5.30. The lowest BCUT2D eigenvalue weighted by Gasteiger charge is -2.17. The highest BCUT2D eigenvalue weighted by Crippen LogP contribution is 2.29. The zero-order valence-corrected chi connectivity index (χ0v) is 22.2. The van der Waals surface area contributed by atoms with Crippen molar-refractivity contribution >= 4 is 33.0 Å². The van der Waals surface area contributed by atoms with Gasteiger partial charge >= 0.3 is 0 Å². The fourth-order valence-corrected chi connectivity index (χ4v) is 5.61. The van der Waals surface area contributed by atoms with Gasteiger partial charge in [-0.25, -0.2) is 8.42 Å².